The predicted octanol–water partition coefficient (Wildman–Crippen LogP) is 4.05. The van der Waals surface area contributed by atoms with Crippen LogP contribution in [0.1, 0.15) is 37.2 Å². The summed E-state index contributed by atoms with van der Waals surface area (Å²) in [5.74, 6) is 5.11. The molecule has 2 aromatic carbocycles. The summed E-state index contributed by atoms with van der Waals surface area (Å²) in [5, 5.41) is 0.554. The van der Waals surface area contributed by atoms with Crippen molar-refractivity contribution in [3.8, 4) is 11.8 Å². The molecular weight excluding hydrogens is 346 g/mol. The van der Waals surface area contributed by atoms with Gasteiger partial charge >= 0.3 is 0 Å². The second-order valence-corrected chi connectivity index (χ2v) is 7.72. The predicted molar refractivity (Wildman–Crippen MR) is 100 cm³/mol. The molecule has 3 aromatic rings. The molecule has 0 bridgehead atoms. The summed E-state index contributed by atoms with van der Waals surface area (Å²) >= 11 is 0. The van der Waals surface area contributed by atoms with Crippen molar-refractivity contribution in [2.24, 2.45) is 5.41 Å². The number of rotatable bonds is 0. The summed E-state index contributed by atoms with van der Waals surface area (Å²) in [6.07, 6.45) is 1.74. The Balaban J connectivity index is 1.76. The Kier molecular flexibility index (Phi) is 4.07. The summed E-state index contributed by atoms with van der Waals surface area (Å²) in [4.78, 5) is 17.5. The first-order valence-electron chi connectivity index (χ1n) is 8.82. The van der Waals surface area contributed by atoms with Crippen molar-refractivity contribution in [3.63, 3.8) is 0 Å². The van der Waals surface area contributed by atoms with Crippen molar-refractivity contribution in [1.29, 1.82) is 0 Å². The van der Waals surface area contributed by atoms with Crippen molar-refractivity contribution in [3.05, 3.63) is 75.3 Å². The van der Waals surface area contributed by atoms with Gasteiger partial charge in [-0.05, 0) is 42.2 Å². The normalized spacial score (nSPS) is 15.1. The van der Waals surface area contributed by atoms with Crippen molar-refractivity contribution in [2.75, 3.05) is 0 Å². The summed E-state index contributed by atoms with van der Waals surface area (Å²) in [6, 6.07) is 8.37. The summed E-state index contributed by atoms with van der Waals surface area (Å²) in [7, 11) is 0. The third kappa shape index (κ3) is 3.48. The maximum absolute atomic E-state index is 13.3. The standard InChI is InChI=1S/C22H18F2N2O/c1-22(2)8-7-20-25-19-11-14(5-6-18(19)21(27)26(20)13-22)3-4-15-9-16(23)12-17(24)10-15/h5-6,9-12H,7-8,13H2,1-2H3. The van der Waals surface area contributed by atoms with E-state index in [1.165, 1.54) is 12.1 Å². The molecule has 0 saturated carbocycles. The first kappa shape index (κ1) is 17.4. The van der Waals surface area contributed by atoms with E-state index >= 15 is 0 Å². The van der Waals surface area contributed by atoms with Gasteiger partial charge in [-0.1, -0.05) is 25.7 Å². The van der Waals surface area contributed by atoms with Crippen LogP contribution in [0, 0.1) is 28.9 Å². The zero-order valence-electron chi connectivity index (χ0n) is 15.1. The molecule has 0 atom stereocenters. The van der Waals surface area contributed by atoms with Crippen LogP contribution in [0.4, 0.5) is 8.78 Å². The highest BCUT2D eigenvalue weighted by Crippen LogP contribution is 2.29. The largest absolute Gasteiger partial charge is 0.296 e. The molecule has 0 fully saturated rings. The average Bonchev–Trinajstić information content (AvgIpc) is 2.59. The van der Waals surface area contributed by atoms with Crippen LogP contribution in [0.15, 0.2) is 41.2 Å². The second kappa shape index (κ2) is 6.31. The van der Waals surface area contributed by atoms with Gasteiger partial charge in [0.25, 0.3) is 5.56 Å². The lowest BCUT2D eigenvalue weighted by molar-refractivity contribution is 0.240. The summed E-state index contributed by atoms with van der Waals surface area (Å²) in [5.41, 5.74) is 1.55. The molecule has 0 amide bonds. The number of hydrogen-bond donors (Lipinski definition) is 0. The topological polar surface area (TPSA) is 34.9 Å². The number of hydrogen-bond acceptors (Lipinski definition) is 2. The smallest absolute Gasteiger partial charge is 0.261 e. The maximum Gasteiger partial charge on any atom is 0.261 e. The highest BCUT2D eigenvalue weighted by molar-refractivity contribution is 5.79. The van der Waals surface area contributed by atoms with Gasteiger partial charge < -0.3 is 0 Å². The van der Waals surface area contributed by atoms with Crippen LogP contribution < -0.4 is 5.56 Å². The van der Waals surface area contributed by atoms with Crippen LogP contribution in [-0.4, -0.2) is 9.55 Å². The zero-order chi connectivity index (χ0) is 19.2. The first-order chi connectivity index (χ1) is 12.8. The number of fused-ring (bicyclic) bond motifs is 2. The minimum atomic E-state index is -0.665. The van der Waals surface area contributed by atoms with E-state index in [1.807, 2.05) is 0 Å². The van der Waals surface area contributed by atoms with Crippen LogP contribution >= 0.6 is 0 Å². The average molecular weight is 364 g/mol. The third-order valence-corrected chi connectivity index (χ3v) is 4.86. The van der Waals surface area contributed by atoms with Crippen molar-refractivity contribution >= 4 is 10.9 Å². The Hall–Kier alpha value is -3.00. The first-order valence-corrected chi connectivity index (χ1v) is 8.82. The van der Waals surface area contributed by atoms with Gasteiger partial charge in [-0.2, -0.15) is 0 Å². The molecule has 1 aliphatic heterocycles. The molecule has 5 heteroatoms. The molecule has 0 unspecified atom stereocenters. The van der Waals surface area contributed by atoms with Crippen molar-refractivity contribution in [2.45, 2.75) is 33.2 Å². The third-order valence-electron chi connectivity index (χ3n) is 4.86. The van der Waals surface area contributed by atoms with E-state index in [4.69, 9.17) is 0 Å². The number of benzene rings is 2. The molecular formula is C22H18F2N2O. The van der Waals surface area contributed by atoms with Gasteiger partial charge in [-0.25, -0.2) is 13.8 Å². The molecule has 0 radical (unpaired) electrons. The fraction of sp³-hybridized carbons (Fsp3) is 0.273. The fourth-order valence-electron chi connectivity index (χ4n) is 3.43. The van der Waals surface area contributed by atoms with E-state index in [9.17, 15) is 13.6 Å². The molecule has 0 spiro atoms. The van der Waals surface area contributed by atoms with E-state index in [0.717, 1.165) is 24.7 Å². The highest BCUT2D eigenvalue weighted by Gasteiger charge is 2.27. The molecule has 0 aliphatic carbocycles. The van der Waals surface area contributed by atoms with Gasteiger partial charge in [-0.3, -0.25) is 9.36 Å². The van der Waals surface area contributed by atoms with Crippen LogP contribution in [0.3, 0.4) is 0 Å². The van der Waals surface area contributed by atoms with Crippen molar-refractivity contribution in [1.82, 2.24) is 9.55 Å². The summed E-state index contributed by atoms with van der Waals surface area (Å²) < 4.78 is 28.3. The van der Waals surface area contributed by atoms with Gasteiger partial charge in [0.2, 0.25) is 0 Å². The number of aryl methyl sites for hydroxylation is 1. The molecule has 2 heterocycles. The number of aromatic nitrogens is 2. The van der Waals surface area contributed by atoms with Crippen LogP contribution in [-0.2, 0) is 13.0 Å². The van der Waals surface area contributed by atoms with Gasteiger partial charge in [0, 0.05) is 30.2 Å². The Labute approximate surface area is 155 Å². The molecule has 136 valence electrons. The molecule has 1 aliphatic rings. The fourth-order valence-corrected chi connectivity index (χ4v) is 3.43. The van der Waals surface area contributed by atoms with E-state index in [1.54, 1.807) is 22.8 Å². The Morgan fingerprint density at radius 1 is 1.04 bits per heavy atom. The monoisotopic (exact) mass is 364 g/mol. The Morgan fingerprint density at radius 2 is 1.74 bits per heavy atom. The van der Waals surface area contributed by atoms with Gasteiger partial charge in [0.15, 0.2) is 0 Å². The van der Waals surface area contributed by atoms with E-state index in [-0.39, 0.29) is 16.5 Å². The molecule has 3 nitrogen and oxygen atoms in total. The molecule has 1 aromatic heterocycles. The van der Waals surface area contributed by atoms with Crippen LogP contribution in [0.25, 0.3) is 10.9 Å². The minimum absolute atomic E-state index is 0.0329. The molecule has 27 heavy (non-hydrogen) atoms. The van der Waals surface area contributed by atoms with E-state index in [2.05, 4.69) is 30.7 Å². The number of nitrogens with zero attached hydrogens (tertiary/aromatic N) is 2. The Morgan fingerprint density at radius 3 is 2.48 bits per heavy atom. The lowest BCUT2D eigenvalue weighted by Gasteiger charge is -2.31. The van der Waals surface area contributed by atoms with Gasteiger partial charge in [-0.15, -0.1) is 0 Å². The van der Waals surface area contributed by atoms with Gasteiger partial charge in [0.05, 0.1) is 10.9 Å². The lowest BCUT2D eigenvalue weighted by Crippen LogP contribution is -2.36. The lowest BCUT2D eigenvalue weighted by atomic mass is 9.85. The second-order valence-electron chi connectivity index (χ2n) is 7.72. The Bertz CT molecular complexity index is 1160. The SMILES string of the molecule is CC1(C)CCc2nc3cc(C#Cc4cc(F)cc(F)c4)ccc3c(=O)n2C1. The molecule has 0 N–H and O–H groups in total. The van der Waals surface area contributed by atoms with E-state index in [0.29, 0.717) is 23.0 Å². The van der Waals surface area contributed by atoms with E-state index < -0.39 is 11.6 Å². The maximum atomic E-state index is 13.3. The highest BCUT2D eigenvalue weighted by atomic mass is 19.1. The zero-order valence-corrected chi connectivity index (χ0v) is 15.1. The summed E-state index contributed by atoms with van der Waals surface area (Å²) in [6.45, 7) is 4.97. The van der Waals surface area contributed by atoms with Crippen LogP contribution in [0.2, 0.25) is 0 Å². The molecule has 4 rings (SSSR count). The van der Waals surface area contributed by atoms with Gasteiger partial charge in [0.1, 0.15) is 17.5 Å². The number of halogens is 2. The van der Waals surface area contributed by atoms with Crippen molar-refractivity contribution < 1.29 is 8.78 Å². The minimum Gasteiger partial charge on any atom is -0.296 e. The quantitative estimate of drug-likeness (QED) is 0.564. The van der Waals surface area contributed by atoms with Crippen LogP contribution in [0.5, 0.6) is 0 Å². The molecule has 0 saturated heterocycles.